The Bertz CT molecular complexity index is 1090. The van der Waals surface area contributed by atoms with Crippen LogP contribution in [0.25, 0.3) is 10.1 Å². The minimum Gasteiger partial charge on any atom is -0.344 e. The van der Waals surface area contributed by atoms with Crippen molar-refractivity contribution in [1.82, 2.24) is 4.37 Å². The lowest BCUT2D eigenvalue weighted by Crippen LogP contribution is -2.58. The molecule has 7 heteroatoms. The van der Waals surface area contributed by atoms with E-state index in [1.807, 2.05) is 6.07 Å². The molecule has 5 rings (SSSR count). The van der Waals surface area contributed by atoms with E-state index in [-0.39, 0.29) is 5.91 Å². The Morgan fingerprint density at radius 2 is 2.03 bits per heavy atom. The molecule has 5 nitrogen and oxygen atoms in total. The molecule has 0 bridgehead atoms. The van der Waals surface area contributed by atoms with Crippen LogP contribution in [0.2, 0.25) is 5.02 Å². The summed E-state index contributed by atoms with van der Waals surface area (Å²) in [6.07, 6.45) is 1.39. The molecule has 3 heterocycles. The molecule has 0 radical (unpaired) electrons. The van der Waals surface area contributed by atoms with E-state index in [4.69, 9.17) is 16.0 Å². The predicted molar refractivity (Wildman–Crippen MR) is 120 cm³/mol. The van der Waals surface area contributed by atoms with Gasteiger partial charge in [-0.25, -0.2) is 0 Å². The van der Waals surface area contributed by atoms with Crippen molar-refractivity contribution in [2.45, 2.75) is 12.8 Å². The zero-order valence-electron chi connectivity index (χ0n) is 16.4. The largest absolute Gasteiger partial charge is 0.344 e. The fourth-order valence-corrected chi connectivity index (χ4v) is 5.42. The Labute approximate surface area is 179 Å². The molecule has 0 spiro atoms. The van der Waals surface area contributed by atoms with Gasteiger partial charge in [0.1, 0.15) is 0 Å². The molecule has 1 amide bonds. The highest BCUT2D eigenvalue weighted by Crippen LogP contribution is 2.32. The van der Waals surface area contributed by atoms with Crippen molar-refractivity contribution in [2.75, 3.05) is 50.0 Å². The minimum absolute atomic E-state index is 0.0536. The van der Waals surface area contributed by atoms with Gasteiger partial charge in [-0.05, 0) is 40.9 Å². The second kappa shape index (κ2) is 7.27. The van der Waals surface area contributed by atoms with Crippen LogP contribution in [0.1, 0.15) is 11.1 Å². The van der Waals surface area contributed by atoms with Crippen LogP contribution in [0.15, 0.2) is 36.4 Å². The monoisotopic (exact) mass is 427 g/mol. The molecule has 2 aliphatic heterocycles. The fraction of sp³-hybridized carbons (Fsp3) is 0.364. The van der Waals surface area contributed by atoms with E-state index in [2.05, 4.69) is 47.6 Å². The summed E-state index contributed by atoms with van der Waals surface area (Å²) in [6, 6.07) is 12.5. The van der Waals surface area contributed by atoms with Gasteiger partial charge in [-0.2, -0.15) is 4.37 Å². The van der Waals surface area contributed by atoms with Gasteiger partial charge in [0.15, 0.2) is 5.82 Å². The lowest BCUT2D eigenvalue weighted by atomic mass is 10.0. The van der Waals surface area contributed by atoms with E-state index < -0.39 is 0 Å². The van der Waals surface area contributed by atoms with Crippen molar-refractivity contribution in [3.63, 3.8) is 0 Å². The number of rotatable bonds is 4. The number of carbonyl (C=O) groups excluding carboxylic acids is 1. The van der Waals surface area contributed by atoms with Crippen LogP contribution in [0, 0.1) is 0 Å². The van der Waals surface area contributed by atoms with Crippen molar-refractivity contribution >= 4 is 50.6 Å². The quantitative estimate of drug-likeness (QED) is 0.641. The van der Waals surface area contributed by atoms with Gasteiger partial charge in [0, 0.05) is 22.5 Å². The molecule has 0 unspecified atom stereocenters. The van der Waals surface area contributed by atoms with E-state index >= 15 is 0 Å². The summed E-state index contributed by atoms with van der Waals surface area (Å²) in [5.41, 5.74) is 3.08. The first kappa shape index (κ1) is 18.9. The number of halogens is 1. The Morgan fingerprint density at radius 1 is 1.24 bits per heavy atom. The van der Waals surface area contributed by atoms with E-state index in [0.29, 0.717) is 6.42 Å². The average Bonchev–Trinajstić information content (AvgIpc) is 3.29. The molecular weight excluding hydrogens is 404 g/mol. The maximum absolute atomic E-state index is 11.6. The molecular formula is C22H24ClN4OS+. The lowest BCUT2D eigenvalue weighted by molar-refractivity contribution is -0.909. The molecule has 0 saturated carbocycles. The number of quaternary nitrogens is 1. The standard InChI is InChI=1S/C22H23ClN4OS/c1-27(9-6-15-12-16-13-21(28)24-19(16)14-18(15)23)10-7-26(8-11-27)22-17-4-2-3-5-20(17)29-25-22/h2-5,12,14H,6-11,13H2,1H3/p+1. The molecule has 0 atom stereocenters. The highest BCUT2D eigenvalue weighted by Gasteiger charge is 2.30. The van der Waals surface area contributed by atoms with Gasteiger partial charge in [0.05, 0.1) is 50.9 Å². The topological polar surface area (TPSA) is 45.2 Å². The highest BCUT2D eigenvalue weighted by atomic mass is 35.5. The van der Waals surface area contributed by atoms with Gasteiger partial charge >= 0.3 is 0 Å². The summed E-state index contributed by atoms with van der Waals surface area (Å²) >= 11 is 8.08. The first-order valence-electron chi connectivity index (χ1n) is 10.0. The predicted octanol–water partition coefficient (Wildman–Crippen LogP) is 3.95. The molecule has 2 aliphatic rings. The van der Waals surface area contributed by atoms with Crippen molar-refractivity contribution < 1.29 is 9.28 Å². The van der Waals surface area contributed by atoms with Crippen LogP contribution < -0.4 is 10.2 Å². The van der Waals surface area contributed by atoms with Crippen molar-refractivity contribution in [3.8, 4) is 0 Å². The number of nitrogens with zero attached hydrogens (tertiary/aromatic N) is 3. The number of nitrogens with one attached hydrogen (secondary N) is 1. The third-order valence-corrected chi connectivity index (χ3v) is 7.46. The SMILES string of the molecule is C[N+]1(CCc2cc3c(cc2Cl)NC(=O)C3)CCN(c2nsc3ccccc23)CC1. The summed E-state index contributed by atoms with van der Waals surface area (Å²) in [7, 11) is 2.34. The van der Waals surface area contributed by atoms with Crippen LogP contribution in [0.3, 0.4) is 0 Å². The van der Waals surface area contributed by atoms with E-state index in [9.17, 15) is 4.79 Å². The van der Waals surface area contributed by atoms with Gasteiger partial charge in [0.2, 0.25) is 5.91 Å². The lowest BCUT2D eigenvalue weighted by Gasteiger charge is -2.42. The van der Waals surface area contributed by atoms with Crippen molar-refractivity contribution in [3.05, 3.63) is 52.5 Å². The zero-order chi connectivity index (χ0) is 20.0. The smallest absolute Gasteiger partial charge is 0.228 e. The Kier molecular flexibility index (Phi) is 4.73. The summed E-state index contributed by atoms with van der Waals surface area (Å²) in [5.74, 6) is 1.19. The maximum atomic E-state index is 11.6. The summed E-state index contributed by atoms with van der Waals surface area (Å²) in [5, 5.41) is 4.89. The van der Waals surface area contributed by atoms with Crippen molar-refractivity contribution in [2.24, 2.45) is 0 Å². The third-order valence-electron chi connectivity index (χ3n) is 6.30. The summed E-state index contributed by atoms with van der Waals surface area (Å²) in [6.45, 7) is 5.26. The van der Waals surface area contributed by atoms with Gasteiger partial charge in [-0.3, -0.25) is 4.79 Å². The number of fused-ring (bicyclic) bond motifs is 2. The number of piperazine rings is 1. The average molecular weight is 428 g/mol. The maximum Gasteiger partial charge on any atom is 0.228 e. The Morgan fingerprint density at radius 3 is 2.86 bits per heavy atom. The Balaban J connectivity index is 1.25. The van der Waals surface area contributed by atoms with Gasteiger partial charge < -0.3 is 14.7 Å². The zero-order valence-corrected chi connectivity index (χ0v) is 18.0. The molecule has 2 aromatic carbocycles. The minimum atomic E-state index is 0.0536. The number of hydrogen-bond acceptors (Lipinski definition) is 4. The Hall–Kier alpha value is -2.15. The van der Waals surface area contributed by atoms with Crippen LogP contribution >= 0.6 is 23.1 Å². The van der Waals surface area contributed by atoms with Crippen LogP contribution in [0.5, 0.6) is 0 Å². The van der Waals surface area contributed by atoms with Gasteiger partial charge in [-0.1, -0.05) is 29.8 Å². The fourth-order valence-electron chi connectivity index (χ4n) is 4.36. The van der Waals surface area contributed by atoms with Crippen LogP contribution in [-0.4, -0.2) is 54.5 Å². The summed E-state index contributed by atoms with van der Waals surface area (Å²) in [4.78, 5) is 14.1. The molecule has 3 aromatic rings. The first-order valence-corrected chi connectivity index (χ1v) is 11.2. The molecule has 29 heavy (non-hydrogen) atoms. The first-order chi connectivity index (χ1) is 14.0. The molecule has 0 aliphatic carbocycles. The number of anilines is 2. The third kappa shape index (κ3) is 3.61. The van der Waals surface area contributed by atoms with E-state index in [0.717, 1.165) is 71.3 Å². The molecule has 1 aromatic heterocycles. The number of aromatic nitrogens is 1. The highest BCUT2D eigenvalue weighted by molar-refractivity contribution is 7.13. The van der Waals surface area contributed by atoms with Crippen molar-refractivity contribution in [1.29, 1.82) is 0 Å². The van der Waals surface area contributed by atoms with Gasteiger partial charge in [0.25, 0.3) is 0 Å². The number of benzene rings is 2. The number of hydrogen-bond donors (Lipinski definition) is 1. The number of carbonyl (C=O) groups is 1. The molecule has 1 fully saturated rings. The van der Waals surface area contributed by atoms with Crippen LogP contribution in [-0.2, 0) is 17.6 Å². The molecule has 1 saturated heterocycles. The molecule has 1 N–H and O–H groups in total. The number of amides is 1. The van der Waals surface area contributed by atoms with Crippen LogP contribution in [0.4, 0.5) is 11.5 Å². The molecule has 150 valence electrons. The number of likely N-dealkylation sites (N-methyl/N-ethyl adjacent to an activating group) is 1. The second-order valence-corrected chi connectivity index (χ2v) is 9.57. The second-order valence-electron chi connectivity index (χ2n) is 8.36. The van der Waals surface area contributed by atoms with Gasteiger partial charge in [-0.15, -0.1) is 0 Å². The van der Waals surface area contributed by atoms with E-state index in [1.165, 1.54) is 10.1 Å². The normalized spacial score (nSPS) is 18.1. The van der Waals surface area contributed by atoms with E-state index in [1.54, 1.807) is 11.5 Å². The summed E-state index contributed by atoms with van der Waals surface area (Å²) < 4.78 is 7.01.